The number of carbonyl (C=O) groups is 3. The van der Waals surface area contributed by atoms with Crippen molar-refractivity contribution in [1.82, 2.24) is 10.6 Å². The molecule has 1 saturated carbocycles. The van der Waals surface area contributed by atoms with Gasteiger partial charge in [0.05, 0.1) is 6.04 Å². The van der Waals surface area contributed by atoms with E-state index in [1.54, 1.807) is 20.8 Å². The molecule has 0 heterocycles. The predicted octanol–water partition coefficient (Wildman–Crippen LogP) is 4.28. The summed E-state index contributed by atoms with van der Waals surface area (Å²) in [6.45, 7) is 5.18. The average molecular weight is 469 g/mol. The Hall–Kier alpha value is -2.71. The van der Waals surface area contributed by atoms with E-state index in [0.29, 0.717) is 25.8 Å². The van der Waals surface area contributed by atoms with Crippen LogP contribution in [0.4, 0.5) is 13.6 Å². The van der Waals surface area contributed by atoms with Crippen LogP contribution in [0.3, 0.4) is 0 Å². The average Bonchev–Trinajstić information content (AvgIpc) is 3.26. The van der Waals surface area contributed by atoms with Gasteiger partial charge in [-0.05, 0) is 65.0 Å². The number of rotatable bonds is 11. The highest BCUT2D eigenvalue weighted by molar-refractivity contribution is 5.90. The molecule has 184 valence electrons. The Labute approximate surface area is 193 Å². The first-order valence-electron chi connectivity index (χ1n) is 11.4. The second-order valence-electron chi connectivity index (χ2n) is 9.30. The molecule has 1 aliphatic rings. The van der Waals surface area contributed by atoms with E-state index in [2.05, 4.69) is 10.6 Å². The quantitative estimate of drug-likeness (QED) is 0.473. The van der Waals surface area contributed by atoms with Crippen LogP contribution in [0.25, 0.3) is 0 Å². The number of amides is 2. The van der Waals surface area contributed by atoms with E-state index in [-0.39, 0.29) is 17.6 Å². The molecule has 33 heavy (non-hydrogen) atoms. The lowest BCUT2D eigenvalue weighted by Crippen LogP contribution is -2.45. The highest BCUT2D eigenvalue weighted by Gasteiger charge is 2.28. The Morgan fingerprint density at radius 1 is 1.12 bits per heavy atom. The third-order valence-electron chi connectivity index (χ3n) is 5.28. The van der Waals surface area contributed by atoms with Crippen molar-refractivity contribution < 1.29 is 32.6 Å². The smallest absolute Gasteiger partial charge is 0.407 e. The summed E-state index contributed by atoms with van der Waals surface area (Å²) in [4.78, 5) is 37.0. The Bertz CT molecular complexity index is 820. The molecule has 2 rings (SSSR count). The molecule has 2 N–H and O–H groups in total. The lowest BCUT2D eigenvalue weighted by atomic mass is 10.0. The van der Waals surface area contributed by atoms with Crippen LogP contribution in [-0.2, 0) is 14.3 Å². The van der Waals surface area contributed by atoms with Gasteiger partial charge >= 0.3 is 6.09 Å². The van der Waals surface area contributed by atoms with E-state index >= 15 is 0 Å². The van der Waals surface area contributed by atoms with Crippen LogP contribution in [-0.4, -0.2) is 42.6 Å². The van der Waals surface area contributed by atoms with Gasteiger partial charge in [-0.25, -0.2) is 13.6 Å². The van der Waals surface area contributed by atoms with E-state index in [9.17, 15) is 23.2 Å². The SMILES string of the molecule is CC(C)(C)OC(=O)NCCCC[C@H](NC(=O)C1CCCC1)C(=O)COc1cc(F)ccc1F. The van der Waals surface area contributed by atoms with Gasteiger partial charge in [0.25, 0.3) is 0 Å². The molecule has 0 aliphatic heterocycles. The maximum absolute atomic E-state index is 13.8. The predicted molar refractivity (Wildman–Crippen MR) is 119 cm³/mol. The first-order chi connectivity index (χ1) is 15.5. The van der Waals surface area contributed by atoms with Crippen molar-refractivity contribution in [3.05, 3.63) is 29.8 Å². The number of Topliss-reactive ketones (excluding diaryl/α,β-unsaturated/α-hetero) is 1. The summed E-state index contributed by atoms with van der Waals surface area (Å²) in [6.07, 6.45) is 4.48. The van der Waals surface area contributed by atoms with Gasteiger partial charge in [-0.3, -0.25) is 9.59 Å². The number of carbonyl (C=O) groups excluding carboxylic acids is 3. The van der Waals surface area contributed by atoms with Crippen LogP contribution in [0.1, 0.15) is 65.7 Å². The molecule has 1 atom stereocenters. The standard InChI is InChI=1S/C24H34F2N2O5/c1-24(2,3)33-23(31)27-13-7-6-10-19(28-22(30)16-8-4-5-9-16)20(29)15-32-21-14-17(25)11-12-18(21)26/h11-12,14,16,19H,4-10,13,15H2,1-3H3,(H,27,31)(H,28,30)/t19-/m0/s1. The second kappa shape index (κ2) is 12.5. The van der Waals surface area contributed by atoms with Crippen molar-refractivity contribution in [2.75, 3.05) is 13.2 Å². The topological polar surface area (TPSA) is 93.7 Å². The Balaban J connectivity index is 1.87. The van der Waals surface area contributed by atoms with E-state index in [1.807, 2.05) is 0 Å². The van der Waals surface area contributed by atoms with Gasteiger partial charge in [0.2, 0.25) is 5.91 Å². The first-order valence-corrected chi connectivity index (χ1v) is 11.4. The third kappa shape index (κ3) is 9.75. The number of ketones is 1. The van der Waals surface area contributed by atoms with Crippen LogP contribution in [0.2, 0.25) is 0 Å². The fourth-order valence-electron chi connectivity index (χ4n) is 3.61. The van der Waals surface area contributed by atoms with Gasteiger partial charge in [0.1, 0.15) is 18.0 Å². The number of alkyl carbamates (subject to hydrolysis) is 1. The molecule has 9 heteroatoms. The fourth-order valence-corrected chi connectivity index (χ4v) is 3.61. The summed E-state index contributed by atoms with van der Waals surface area (Å²) >= 11 is 0. The number of benzene rings is 1. The molecule has 7 nitrogen and oxygen atoms in total. The van der Waals surface area contributed by atoms with Crippen LogP contribution in [0, 0.1) is 17.6 Å². The Kier molecular flexibility index (Phi) is 10.1. The minimum Gasteiger partial charge on any atom is -0.483 e. The molecule has 1 fully saturated rings. The normalized spacial score (nSPS) is 15.1. The lowest BCUT2D eigenvalue weighted by Gasteiger charge is -2.21. The van der Waals surface area contributed by atoms with E-state index in [4.69, 9.17) is 9.47 Å². The van der Waals surface area contributed by atoms with Gasteiger partial charge in [-0.15, -0.1) is 0 Å². The second-order valence-corrected chi connectivity index (χ2v) is 9.30. The largest absolute Gasteiger partial charge is 0.483 e. The van der Waals surface area contributed by atoms with Gasteiger partial charge in [-0.1, -0.05) is 12.8 Å². The summed E-state index contributed by atoms with van der Waals surface area (Å²) in [5.74, 6) is -2.52. The van der Waals surface area contributed by atoms with Crippen LogP contribution >= 0.6 is 0 Å². The molecule has 1 aromatic carbocycles. The van der Waals surface area contributed by atoms with Gasteiger partial charge < -0.3 is 20.1 Å². The van der Waals surface area contributed by atoms with Crippen LogP contribution < -0.4 is 15.4 Å². The number of ether oxygens (including phenoxy) is 2. The summed E-state index contributed by atoms with van der Waals surface area (Å²) < 4.78 is 37.5. The van der Waals surface area contributed by atoms with Crippen molar-refractivity contribution in [3.8, 4) is 5.75 Å². The zero-order chi connectivity index (χ0) is 24.4. The van der Waals surface area contributed by atoms with E-state index < -0.39 is 41.8 Å². The molecule has 0 spiro atoms. The molecule has 0 saturated heterocycles. The number of hydrogen-bond donors (Lipinski definition) is 2. The Morgan fingerprint density at radius 2 is 1.82 bits per heavy atom. The summed E-state index contributed by atoms with van der Waals surface area (Å²) in [7, 11) is 0. The number of nitrogens with one attached hydrogen (secondary N) is 2. The molecule has 1 aromatic rings. The molecule has 1 aliphatic carbocycles. The number of hydrogen-bond acceptors (Lipinski definition) is 5. The minimum atomic E-state index is -0.809. The Morgan fingerprint density at radius 3 is 2.48 bits per heavy atom. The molecule has 2 amide bonds. The molecular formula is C24H34F2N2O5. The highest BCUT2D eigenvalue weighted by atomic mass is 19.1. The van der Waals surface area contributed by atoms with Crippen molar-refractivity contribution in [2.45, 2.75) is 77.4 Å². The molecule has 0 bridgehead atoms. The lowest BCUT2D eigenvalue weighted by molar-refractivity contribution is -0.131. The van der Waals surface area contributed by atoms with E-state index in [0.717, 1.165) is 43.9 Å². The third-order valence-corrected chi connectivity index (χ3v) is 5.28. The summed E-state index contributed by atoms with van der Waals surface area (Å²) in [5, 5.41) is 5.45. The van der Waals surface area contributed by atoms with E-state index in [1.165, 1.54) is 0 Å². The van der Waals surface area contributed by atoms with Crippen molar-refractivity contribution in [1.29, 1.82) is 0 Å². The molecular weight excluding hydrogens is 434 g/mol. The molecule has 0 radical (unpaired) electrons. The maximum atomic E-state index is 13.8. The molecule has 0 aromatic heterocycles. The summed E-state index contributed by atoms with van der Waals surface area (Å²) in [5.41, 5.74) is -0.590. The zero-order valence-electron chi connectivity index (χ0n) is 19.5. The minimum absolute atomic E-state index is 0.115. The highest BCUT2D eigenvalue weighted by Crippen LogP contribution is 2.25. The summed E-state index contributed by atoms with van der Waals surface area (Å²) in [6, 6.07) is 1.94. The van der Waals surface area contributed by atoms with Gasteiger partial charge in [-0.2, -0.15) is 0 Å². The van der Waals surface area contributed by atoms with Crippen molar-refractivity contribution >= 4 is 17.8 Å². The zero-order valence-corrected chi connectivity index (χ0v) is 19.5. The maximum Gasteiger partial charge on any atom is 0.407 e. The van der Waals surface area contributed by atoms with Crippen LogP contribution in [0.15, 0.2) is 18.2 Å². The fraction of sp³-hybridized carbons (Fsp3) is 0.625. The van der Waals surface area contributed by atoms with Crippen LogP contribution in [0.5, 0.6) is 5.75 Å². The number of halogens is 2. The van der Waals surface area contributed by atoms with Gasteiger partial charge in [0.15, 0.2) is 17.3 Å². The van der Waals surface area contributed by atoms with Crippen molar-refractivity contribution in [3.63, 3.8) is 0 Å². The van der Waals surface area contributed by atoms with Crippen molar-refractivity contribution in [2.24, 2.45) is 5.92 Å². The monoisotopic (exact) mass is 468 g/mol. The molecule has 0 unspecified atom stereocenters. The number of unbranched alkanes of at least 4 members (excludes halogenated alkanes) is 1. The first kappa shape index (κ1) is 26.5. The van der Waals surface area contributed by atoms with Gasteiger partial charge in [0, 0.05) is 18.5 Å².